The lowest BCUT2D eigenvalue weighted by molar-refractivity contribution is -0.277. The Kier molecular flexibility index (Phi) is 6.54. The Morgan fingerprint density at radius 2 is 2.00 bits per heavy atom. The molecule has 3 fully saturated rings. The summed E-state index contributed by atoms with van der Waals surface area (Å²) in [6.45, 7) is 0.277. The molecule has 0 aromatic heterocycles. The Labute approximate surface area is 123 Å². The Morgan fingerprint density at radius 3 is 2.75 bits per heavy atom. The molecule has 6 atom stereocenters. The highest BCUT2D eigenvalue weighted by Crippen LogP contribution is 2.33. The predicted octanol–water partition coefficient (Wildman–Crippen LogP) is -0.664. The Hall–Kier alpha value is 0.110. The number of fused-ring (bicyclic) bond motifs is 6. The molecule has 0 aromatic carbocycles. The molecule has 7 heteroatoms. The van der Waals surface area contributed by atoms with Crippen molar-refractivity contribution >= 4 is 11.8 Å². The molecule has 3 heterocycles. The van der Waals surface area contributed by atoms with Gasteiger partial charge in [-0.15, -0.1) is 0 Å². The van der Waals surface area contributed by atoms with Gasteiger partial charge in [0.25, 0.3) is 0 Å². The van der Waals surface area contributed by atoms with Crippen molar-refractivity contribution in [3.63, 3.8) is 0 Å². The van der Waals surface area contributed by atoms with Gasteiger partial charge in [0.1, 0.15) is 6.10 Å². The van der Waals surface area contributed by atoms with Gasteiger partial charge < -0.3 is 29.9 Å². The lowest BCUT2D eigenvalue weighted by Crippen LogP contribution is -2.55. The van der Waals surface area contributed by atoms with Crippen LogP contribution in [0.1, 0.15) is 19.3 Å². The molecule has 0 aromatic rings. The number of aliphatic hydroxyl groups is 4. The third-order valence-corrected chi connectivity index (χ3v) is 5.06. The lowest BCUT2D eigenvalue weighted by Gasteiger charge is -2.42. The fourth-order valence-corrected chi connectivity index (χ4v) is 3.77. The summed E-state index contributed by atoms with van der Waals surface area (Å²) in [5.41, 5.74) is 0. The molecule has 0 radical (unpaired) electrons. The van der Waals surface area contributed by atoms with E-state index in [1.54, 1.807) is 0 Å². The second-order valence-electron chi connectivity index (χ2n) is 5.43. The molecule has 6 nitrogen and oxygen atoms in total. The highest BCUT2D eigenvalue weighted by atomic mass is 32.2. The van der Waals surface area contributed by atoms with Gasteiger partial charge in [-0.1, -0.05) is 6.42 Å². The van der Waals surface area contributed by atoms with Crippen molar-refractivity contribution in [3.8, 4) is 0 Å². The van der Waals surface area contributed by atoms with Gasteiger partial charge in [0.05, 0.1) is 24.9 Å². The highest BCUT2D eigenvalue weighted by molar-refractivity contribution is 7.99. The van der Waals surface area contributed by atoms with Crippen LogP contribution in [0.15, 0.2) is 0 Å². The summed E-state index contributed by atoms with van der Waals surface area (Å²) in [7, 11) is 0. The Balaban J connectivity index is 1.93. The maximum absolute atomic E-state index is 10.2. The SMILES string of the molecule is OCC(O)CSCC1O[C@H]2OCCCC[C@H]1[C@H](O)C2O. The molecule has 3 aliphatic rings. The molecule has 3 rings (SSSR count). The summed E-state index contributed by atoms with van der Waals surface area (Å²) in [6.07, 6.45) is -0.908. The molecule has 118 valence electrons. The molecule has 2 bridgehead atoms. The third-order valence-electron chi connectivity index (χ3n) is 3.87. The molecule has 3 aliphatic heterocycles. The van der Waals surface area contributed by atoms with E-state index in [0.29, 0.717) is 18.1 Å². The number of hydrogen-bond donors (Lipinski definition) is 4. The zero-order valence-corrected chi connectivity index (χ0v) is 12.2. The minimum Gasteiger partial charge on any atom is -0.394 e. The van der Waals surface area contributed by atoms with E-state index in [0.717, 1.165) is 19.3 Å². The van der Waals surface area contributed by atoms with Gasteiger partial charge in [0, 0.05) is 24.0 Å². The molecule has 20 heavy (non-hydrogen) atoms. The summed E-state index contributed by atoms with van der Waals surface area (Å²) < 4.78 is 11.3. The van der Waals surface area contributed by atoms with Gasteiger partial charge in [-0.25, -0.2) is 0 Å². The topological polar surface area (TPSA) is 99.4 Å². The normalized spacial score (nSPS) is 39.9. The fourth-order valence-electron chi connectivity index (χ4n) is 2.70. The second kappa shape index (κ2) is 7.93. The molecule has 0 amide bonds. The van der Waals surface area contributed by atoms with Crippen molar-refractivity contribution in [2.45, 2.75) is 50.0 Å². The largest absolute Gasteiger partial charge is 0.394 e. The molecule has 3 unspecified atom stereocenters. The van der Waals surface area contributed by atoms with Gasteiger partial charge >= 0.3 is 0 Å². The van der Waals surface area contributed by atoms with Crippen molar-refractivity contribution in [1.82, 2.24) is 0 Å². The predicted molar refractivity (Wildman–Crippen MR) is 74.4 cm³/mol. The van der Waals surface area contributed by atoms with Crippen LogP contribution in [0.4, 0.5) is 0 Å². The van der Waals surface area contributed by atoms with Crippen molar-refractivity contribution < 1.29 is 29.9 Å². The van der Waals surface area contributed by atoms with Gasteiger partial charge in [-0.05, 0) is 12.8 Å². The highest BCUT2D eigenvalue weighted by Gasteiger charge is 2.44. The Bertz CT molecular complexity index is 290. The molecule has 3 saturated heterocycles. The van der Waals surface area contributed by atoms with Crippen molar-refractivity contribution in [2.24, 2.45) is 5.92 Å². The number of ether oxygens (including phenoxy) is 2. The number of hydrogen-bond acceptors (Lipinski definition) is 7. The van der Waals surface area contributed by atoms with Crippen LogP contribution < -0.4 is 0 Å². The minimum atomic E-state index is -0.998. The fraction of sp³-hybridized carbons (Fsp3) is 1.00. The van der Waals surface area contributed by atoms with Crippen LogP contribution in [-0.4, -0.2) is 75.9 Å². The first-order valence-corrected chi connectivity index (χ1v) is 8.28. The zero-order chi connectivity index (χ0) is 14.5. The van der Waals surface area contributed by atoms with Crippen molar-refractivity contribution in [3.05, 3.63) is 0 Å². The van der Waals surface area contributed by atoms with E-state index in [9.17, 15) is 15.3 Å². The van der Waals surface area contributed by atoms with Gasteiger partial charge in [-0.2, -0.15) is 11.8 Å². The maximum atomic E-state index is 10.2. The molecular weight excluding hydrogens is 284 g/mol. The Morgan fingerprint density at radius 1 is 1.20 bits per heavy atom. The first-order chi connectivity index (χ1) is 9.63. The van der Waals surface area contributed by atoms with Gasteiger partial charge in [-0.3, -0.25) is 0 Å². The van der Waals surface area contributed by atoms with E-state index < -0.39 is 24.6 Å². The molecular formula is C13H24O6S. The third kappa shape index (κ3) is 4.07. The van der Waals surface area contributed by atoms with E-state index in [4.69, 9.17) is 14.6 Å². The summed E-state index contributed by atoms with van der Waals surface area (Å²) in [6, 6.07) is 0. The standard InChI is InChI=1S/C13H24O6S/c14-5-8(15)6-20-7-10-9-3-1-2-4-18-13(19-10)12(17)11(9)16/h8-17H,1-7H2/t8?,9-,10?,11+,12?,13-/m1/s1. The summed E-state index contributed by atoms with van der Waals surface area (Å²) in [4.78, 5) is 0. The summed E-state index contributed by atoms with van der Waals surface area (Å²) in [5.74, 6) is 0.917. The molecule has 4 N–H and O–H groups in total. The molecule has 0 spiro atoms. The summed E-state index contributed by atoms with van der Waals surface area (Å²) >= 11 is 1.47. The number of rotatable bonds is 5. The first kappa shape index (κ1) is 16.5. The van der Waals surface area contributed by atoms with Crippen molar-refractivity contribution in [2.75, 3.05) is 24.7 Å². The first-order valence-electron chi connectivity index (χ1n) is 7.13. The average molecular weight is 308 g/mol. The van der Waals surface area contributed by atoms with Gasteiger partial charge in [0.2, 0.25) is 0 Å². The average Bonchev–Trinajstić information content (AvgIpc) is 2.58. The molecule has 0 aliphatic carbocycles. The van der Waals surface area contributed by atoms with E-state index in [-0.39, 0.29) is 18.6 Å². The van der Waals surface area contributed by atoms with E-state index in [1.165, 1.54) is 11.8 Å². The number of aliphatic hydroxyl groups excluding tert-OH is 4. The number of thioether (sulfide) groups is 1. The van der Waals surface area contributed by atoms with E-state index in [1.807, 2.05) is 0 Å². The van der Waals surface area contributed by atoms with Gasteiger partial charge in [0.15, 0.2) is 6.29 Å². The monoisotopic (exact) mass is 308 g/mol. The maximum Gasteiger partial charge on any atom is 0.186 e. The van der Waals surface area contributed by atoms with E-state index >= 15 is 0 Å². The van der Waals surface area contributed by atoms with Crippen molar-refractivity contribution in [1.29, 1.82) is 0 Å². The van der Waals surface area contributed by atoms with Crippen LogP contribution in [0.2, 0.25) is 0 Å². The zero-order valence-electron chi connectivity index (χ0n) is 11.4. The molecule has 0 saturated carbocycles. The van der Waals surface area contributed by atoms with Crippen LogP contribution in [-0.2, 0) is 9.47 Å². The van der Waals surface area contributed by atoms with Crippen LogP contribution in [0.5, 0.6) is 0 Å². The van der Waals surface area contributed by atoms with Crippen LogP contribution in [0, 0.1) is 5.92 Å². The van der Waals surface area contributed by atoms with Crippen LogP contribution >= 0.6 is 11.8 Å². The summed E-state index contributed by atoms with van der Waals surface area (Å²) in [5, 5.41) is 38.3. The quantitative estimate of drug-likeness (QED) is 0.535. The minimum absolute atomic E-state index is 0.110. The smallest absolute Gasteiger partial charge is 0.186 e. The second-order valence-corrected chi connectivity index (χ2v) is 6.50. The van der Waals surface area contributed by atoms with Crippen LogP contribution in [0.25, 0.3) is 0 Å². The van der Waals surface area contributed by atoms with E-state index in [2.05, 4.69) is 0 Å². The lowest BCUT2D eigenvalue weighted by atomic mass is 9.86. The van der Waals surface area contributed by atoms with Crippen LogP contribution in [0.3, 0.4) is 0 Å².